The minimum atomic E-state index is 0.850. The molecule has 0 amide bonds. The van der Waals surface area contributed by atoms with Crippen molar-refractivity contribution in [2.45, 2.75) is 4.21 Å². The quantitative estimate of drug-likeness (QED) is 0.526. The number of hydrogen-bond acceptors (Lipinski definition) is 2. The Hall–Kier alpha value is 0.550. The first-order valence-electron chi connectivity index (χ1n) is 3.63. The van der Waals surface area contributed by atoms with Crippen molar-refractivity contribution < 1.29 is 0 Å². The highest BCUT2D eigenvalue weighted by Gasteiger charge is 2.04. The van der Waals surface area contributed by atoms with Gasteiger partial charge in [-0.25, -0.2) is 0 Å². The van der Waals surface area contributed by atoms with Gasteiger partial charge in [-0.2, -0.15) is 0 Å². The SMILES string of the molecule is CSc1cc2cc(I)c(Cl)cc2s1. The van der Waals surface area contributed by atoms with Crippen LogP contribution in [-0.4, -0.2) is 6.26 Å². The fourth-order valence-electron chi connectivity index (χ4n) is 1.11. The average Bonchev–Trinajstić information content (AvgIpc) is 2.48. The molecule has 4 heteroatoms. The van der Waals surface area contributed by atoms with Crippen molar-refractivity contribution in [3.63, 3.8) is 0 Å². The van der Waals surface area contributed by atoms with Crippen LogP contribution in [0, 0.1) is 3.57 Å². The first-order chi connectivity index (χ1) is 6.20. The minimum Gasteiger partial charge on any atom is -0.129 e. The molecule has 0 aliphatic heterocycles. The monoisotopic (exact) mass is 340 g/mol. The van der Waals surface area contributed by atoms with Crippen molar-refractivity contribution in [2.24, 2.45) is 0 Å². The second kappa shape index (κ2) is 3.96. The molecule has 68 valence electrons. The number of rotatable bonds is 1. The Morgan fingerprint density at radius 3 is 2.85 bits per heavy atom. The van der Waals surface area contributed by atoms with Crippen LogP contribution in [0.1, 0.15) is 0 Å². The van der Waals surface area contributed by atoms with E-state index in [4.69, 9.17) is 11.6 Å². The third kappa shape index (κ3) is 1.98. The lowest BCUT2D eigenvalue weighted by Crippen LogP contribution is -1.71. The second-order valence-electron chi connectivity index (χ2n) is 2.57. The Labute approximate surface area is 104 Å². The molecule has 1 aromatic heterocycles. The third-order valence-electron chi connectivity index (χ3n) is 1.74. The number of thiophene rings is 1. The number of thioether (sulfide) groups is 1. The van der Waals surface area contributed by atoms with Crippen LogP contribution in [0.15, 0.2) is 22.4 Å². The molecule has 0 saturated carbocycles. The predicted octanol–water partition coefficient (Wildman–Crippen LogP) is 4.88. The molecular weight excluding hydrogens is 335 g/mol. The molecule has 1 aromatic carbocycles. The van der Waals surface area contributed by atoms with Gasteiger partial charge in [-0.1, -0.05) is 11.6 Å². The van der Waals surface area contributed by atoms with Gasteiger partial charge in [-0.15, -0.1) is 23.1 Å². The standard InChI is InChI=1S/C9H6ClIS2/c1-12-9-3-5-2-7(11)6(10)4-8(5)13-9/h2-4H,1H3. The van der Waals surface area contributed by atoms with Crippen molar-refractivity contribution in [2.75, 3.05) is 6.26 Å². The van der Waals surface area contributed by atoms with Gasteiger partial charge in [0.15, 0.2) is 0 Å². The molecule has 0 bridgehead atoms. The number of benzene rings is 1. The summed E-state index contributed by atoms with van der Waals surface area (Å²) < 4.78 is 3.74. The Morgan fingerprint density at radius 1 is 1.38 bits per heavy atom. The van der Waals surface area contributed by atoms with Crippen LogP contribution in [0.4, 0.5) is 0 Å². The van der Waals surface area contributed by atoms with Crippen LogP contribution >= 0.6 is 57.3 Å². The first kappa shape index (κ1) is 10.1. The summed E-state index contributed by atoms with van der Waals surface area (Å²) in [5.41, 5.74) is 0. The highest BCUT2D eigenvalue weighted by Crippen LogP contribution is 2.35. The van der Waals surface area contributed by atoms with Crippen LogP contribution < -0.4 is 0 Å². The molecule has 0 aliphatic carbocycles. The molecule has 0 radical (unpaired) electrons. The maximum absolute atomic E-state index is 6.03. The molecule has 0 N–H and O–H groups in total. The fourth-order valence-corrected chi connectivity index (χ4v) is 3.49. The van der Waals surface area contributed by atoms with Gasteiger partial charge >= 0.3 is 0 Å². The van der Waals surface area contributed by atoms with Gasteiger partial charge in [0.05, 0.1) is 9.23 Å². The summed E-state index contributed by atoms with van der Waals surface area (Å²) >= 11 is 11.9. The van der Waals surface area contributed by atoms with Crippen molar-refractivity contribution in [1.29, 1.82) is 0 Å². The molecule has 0 fully saturated rings. The predicted molar refractivity (Wildman–Crippen MR) is 71.3 cm³/mol. The molecule has 2 rings (SSSR count). The van der Waals surface area contributed by atoms with Crippen LogP contribution in [-0.2, 0) is 0 Å². The molecule has 0 nitrogen and oxygen atoms in total. The van der Waals surface area contributed by atoms with Gasteiger partial charge in [0.25, 0.3) is 0 Å². The van der Waals surface area contributed by atoms with Gasteiger partial charge in [0.2, 0.25) is 0 Å². The van der Waals surface area contributed by atoms with Crippen molar-refractivity contribution >= 4 is 67.4 Å². The van der Waals surface area contributed by atoms with Gasteiger partial charge in [-0.05, 0) is 52.4 Å². The average molecular weight is 341 g/mol. The lowest BCUT2D eigenvalue weighted by molar-refractivity contribution is 1.72. The number of halogens is 2. The van der Waals surface area contributed by atoms with Crippen LogP contribution in [0.5, 0.6) is 0 Å². The number of fused-ring (bicyclic) bond motifs is 1. The Kier molecular flexibility index (Phi) is 3.07. The molecule has 2 aromatic rings. The van der Waals surface area contributed by atoms with Gasteiger partial charge in [0, 0.05) is 8.27 Å². The van der Waals surface area contributed by atoms with E-state index in [1.165, 1.54) is 14.3 Å². The molecular formula is C9H6ClIS2. The van der Waals surface area contributed by atoms with Gasteiger partial charge < -0.3 is 0 Å². The van der Waals surface area contributed by atoms with E-state index < -0.39 is 0 Å². The normalized spacial score (nSPS) is 11.0. The molecule has 0 saturated heterocycles. The summed E-state index contributed by atoms with van der Waals surface area (Å²) in [6, 6.07) is 6.39. The molecule has 13 heavy (non-hydrogen) atoms. The first-order valence-corrected chi connectivity index (χ1v) is 7.13. The van der Waals surface area contributed by atoms with Crippen LogP contribution in [0.2, 0.25) is 5.02 Å². The summed E-state index contributed by atoms with van der Waals surface area (Å²) in [6.07, 6.45) is 2.09. The van der Waals surface area contributed by atoms with E-state index in [1.54, 1.807) is 23.1 Å². The zero-order valence-electron chi connectivity index (χ0n) is 6.80. The Balaban J connectivity index is 2.70. The van der Waals surface area contributed by atoms with E-state index >= 15 is 0 Å². The Bertz CT molecular complexity index is 411. The summed E-state index contributed by atoms with van der Waals surface area (Å²) in [4.78, 5) is 0. The van der Waals surface area contributed by atoms with Crippen molar-refractivity contribution in [3.05, 3.63) is 26.8 Å². The third-order valence-corrected chi connectivity index (χ3v) is 5.42. The van der Waals surface area contributed by atoms with E-state index in [-0.39, 0.29) is 0 Å². The van der Waals surface area contributed by atoms with Gasteiger partial charge in [-0.3, -0.25) is 0 Å². The topological polar surface area (TPSA) is 0 Å². The highest BCUT2D eigenvalue weighted by molar-refractivity contribution is 14.1. The summed E-state index contributed by atoms with van der Waals surface area (Å²) in [6.45, 7) is 0. The summed E-state index contributed by atoms with van der Waals surface area (Å²) in [5, 5.41) is 2.14. The summed E-state index contributed by atoms with van der Waals surface area (Å²) in [5.74, 6) is 0. The van der Waals surface area contributed by atoms with Crippen molar-refractivity contribution in [1.82, 2.24) is 0 Å². The second-order valence-corrected chi connectivity index (χ2v) is 6.33. The maximum atomic E-state index is 6.03. The zero-order valence-corrected chi connectivity index (χ0v) is 11.4. The Morgan fingerprint density at radius 2 is 2.15 bits per heavy atom. The van der Waals surface area contributed by atoms with Crippen LogP contribution in [0.25, 0.3) is 10.1 Å². The van der Waals surface area contributed by atoms with E-state index in [0.717, 1.165) is 8.59 Å². The lowest BCUT2D eigenvalue weighted by Gasteiger charge is -1.94. The summed E-state index contributed by atoms with van der Waals surface area (Å²) in [7, 11) is 0. The van der Waals surface area contributed by atoms with E-state index in [0.29, 0.717) is 0 Å². The fraction of sp³-hybridized carbons (Fsp3) is 0.111. The zero-order chi connectivity index (χ0) is 9.42. The minimum absolute atomic E-state index is 0.850. The van der Waals surface area contributed by atoms with Crippen molar-refractivity contribution in [3.8, 4) is 0 Å². The molecule has 0 unspecified atom stereocenters. The maximum Gasteiger partial charge on any atom is 0.0608 e. The highest BCUT2D eigenvalue weighted by atomic mass is 127. The molecule has 0 spiro atoms. The number of hydrogen-bond donors (Lipinski definition) is 0. The van der Waals surface area contributed by atoms with E-state index in [9.17, 15) is 0 Å². The van der Waals surface area contributed by atoms with E-state index in [2.05, 4.69) is 41.0 Å². The molecule has 1 heterocycles. The molecule has 0 atom stereocenters. The van der Waals surface area contributed by atoms with E-state index in [1.807, 2.05) is 6.07 Å². The largest absolute Gasteiger partial charge is 0.129 e. The molecule has 0 aliphatic rings. The van der Waals surface area contributed by atoms with Crippen LogP contribution in [0.3, 0.4) is 0 Å². The van der Waals surface area contributed by atoms with Gasteiger partial charge in [0.1, 0.15) is 0 Å². The smallest absolute Gasteiger partial charge is 0.0608 e. The lowest BCUT2D eigenvalue weighted by atomic mass is 10.3.